The Labute approximate surface area is 301 Å². The number of hydrogen-bond donors (Lipinski definition) is 1. The van der Waals surface area contributed by atoms with E-state index in [4.69, 9.17) is 20.2 Å². The summed E-state index contributed by atoms with van der Waals surface area (Å²) in [7, 11) is 3.13. The number of benzene rings is 3. The molecule has 7 rings (SSSR count). The maximum atomic E-state index is 13.9. The minimum absolute atomic E-state index is 0.115. The molecule has 0 unspecified atom stereocenters. The molecule has 0 fully saturated rings. The van der Waals surface area contributed by atoms with Crippen LogP contribution < -0.4 is 20.3 Å². The van der Waals surface area contributed by atoms with Crippen LogP contribution in [0.2, 0.25) is 0 Å². The van der Waals surface area contributed by atoms with Crippen LogP contribution in [0.1, 0.15) is 48.8 Å². The Bertz CT molecular complexity index is 2220. The monoisotopic (exact) mass is 720 g/mol. The Morgan fingerprint density at radius 2 is 1.88 bits per heavy atom. The van der Waals surface area contributed by atoms with E-state index >= 15 is 0 Å². The van der Waals surface area contributed by atoms with Gasteiger partial charge in [-0.3, -0.25) is 9.69 Å². The molecule has 0 bridgehead atoms. The highest BCUT2D eigenvalue weighted by Gasteiger charge is 2.28. The van der Waals surface area contributed by atoms with Crippen molar-refractivity contribution in [2.75, 3.05) is 42.8 Å². The number of nitriles is 1. The molecular weight excluding hydrogens is 689 g/mol. The second-order valence-electron chi connectivity index (χ2n) is 11.7. The summed E-state index contributed by atoms with van der Waals surface area (Å²) in [5.41, 5.74) is 12.0. The molecule has 1 aliphatic heterocycles. The number of nitrogens with two attached hydrogens (primary N) is 1. The van der Waals surface area contributed by atoms with Gasteiger partial charge in [-0.1, -0.05) is 47.7 Å². The molecule has 0 saturated carbocycles. The zero-order chi connectivity index (χ0) is 34.8. The molecule has 1 amide bonds. The molecule has 10 nitrogen and oxygen atoms in total. The number of para-hydroxylation sites is 1. The van der Waals surface area contributed by atoms with Gasteiger partial charge in [0.1, 0.15) is 16.8 Å². The van der Waals surface area contributed by atoms with E-state index in [0.717, 1.165) is 48.9 Å². The fourth-order valence-corrected chi connectivity index (χ4v) is 8.78. The lowest BCUT2D eigenvalue weighted by molar-refractivity contribution is 0.0593. The molecule has 50 heavy (non-hydrogen) atoms. The van der Waals surface area contributed by atoms with Crippen LogP contribution in [0.25, 0.3) is 21.3 Å². The van der Waals surface area contributed by atoms with Crippen LogP contribution in [0.15, 0.2) is 72.1 Å². The lowest BCUT2D eigenvalue weighted by Gasteiger charge is -2.30. The van der Waals surface area contributed by atoms with Gasteiger partial charge in [-0.25, -0.2) is 14.8 Å². The number of methoxy groups -OCH3 is 1. The number of nitrogen functional groups attached to an aromatic ring is 1. The first-order chi connectivity index (χ1) is 24.3. The van der Waals surface area contributed by atoms with Crippen LogP contribution in [0, 0.1) is 11.3 Å². The van der Waals surface area contributed by atoms with Crippen molar-refractivity contribution in [2.24, 2.45) is 0 Å². The Kier molecular flexibility index (Phi) is 9.49. The number of ether oxygens (including phenoxy) is 2. The molecule has 0 saturated heterocycles. The minimum Gasteiger partial charge on any atom is -0.494 e. The SMILES string of the molecule is COC(=O)c1nc(N2CCc3cccc(C(=O)N(C)c4nc5ccccc5s4)c3C2)sc1CCCOc1ccc(-c2csc(N)c2C#N)cc1. The number of thiazole rings is 2. The third kappa shape index (κ3) is 6.53. The molecule has 6 aromatic rings. The zero-order valence-electron chi connectivity index (χ0n) is 27.3. The third-order valence-electron chi connectivity index (χ3n) is 8.63. The Morgan fingerprint density at radius 1 is 1.06 bits per heavy atom. The highest BCUT2D eigenvalue weighted by atomic mass is 32.1. The van der Waals surface area contributed by atoms with Crippen molar-refractivity contribution in [1.82, 2.24) is 9.97 Å². The van der Waals surface area contributed by atoms with Crippen LogP contribution in [-0.2, 0) is 24.1 Å². The summed E-state index contributed by atoms with van der Waals surface area (Å²) in [5, 5.41) is 13.2. The number of amides is 1. The second kappa shape index (κ2) is 14.3. The van der Waals surface area contributed by atoms with Crippen molar-refractivity contribution < 1.29 is 19.1 Å². The van der Waals surface area contributed by atoms with E-state index < -0.39 is 5.97 Å². The minimum atomic E-state index is -0.476. The number of esters is 1. The molecule has 0 radical (unpaired) electrons. The average molecular weight is 721 g/mol. The number of thiophene rings is 1. The lowest BCUT2D eigenvalue weighted by atomic mass is 9.94. The fraction of sp³-hybridized carbons (Fsp3) is 0.216. The fourth-order valence-electron chi connectivity index (χ4n) is 5.97. The van der Waals surface area contributed by atoms with Crippen molar-refractivity contribution in [3.8, 4) is 22.9 Å². The molecule has 0 spiro atoms. The third-order valence-corrected chi connectivity index (χ3v) is 11.7. The number of aromatic nitrogens is 2. The largest absolute Gasteiger partial charge is 0.494 e. The molecule has 3 aromatic carbocycles. The smallest absolute Gasteiger partial charge is 0.357 e. The van der Waals surface area contributed by atoms with E-state index in [9.17, 15) is 14.9 Å². The van der Waals surface area contributed by atoms with E-state index in [1.54, 1.807) is 11.9 Å². The molecule has 0 atom stereocenters. The van der Waals surface area contributed by atoms with E-state index in [0.29, 0.717) is 65.2 Å². The van der Waals surface area contributed by atoms with Crippen molar-refractivity contribution in [3.05, 3.63) is 105 Å². The first-order valence-electron chi connectivity index (χ1n) is 15.9. The van der Waals surface area contributed by atoms with Crippen molar-refractivity contribution in [2.45, 2.75) is 25.8 Å². The predicted octanol–water partition coefficient (Wildman–Crippen LogP) is 7.57. The van der Waals surface area contributed by atoms with Gasteiger partial charge in [0, 0.05) is 41.5 Å². The summed E-state index contributed by atoms with van der Waals surface area (Å²) >= 11 is 4.32. The van der Waals surface area contributed by atoms with Gasteiger partial charge >= 0.3 is 5.97 Å². The van der Waals surface area contributed by atoms with Crippen LogP contribution in [0.5, 0.6) is 5.75 Å². The van der Waals surface area contributed by atoms with Crippen molar-refractivity contribution >= 4 is 71.4 Å². The number of aryl methyl sites for hydroxylation is 1. The average Bonchev–Trinajstić information content (AvgIpc) is 3.89. The summed E-state index contributed by atoms with van der Waals surface area (Å²) in [5.74, 6) is 0.117. The number of rotatable bonds is 10. The first-order valence-corrected chi connectivity index (χ1v) is 18.4. The molecule has 252 valence electrons. The summed E-state index contributed by atoms with van der Waals surface area (Å²) in [4.78, 5) is 40.6. The van der Waals surface area contributed by atoms with Crippen LogP contribution in [0.4, 0.5) is 15.3 Å². The van der Waals surface area contributed by atoms with Crippen LogP contribution >= 0.6 is 34.0 Å². The quantitative estimate of drug-likeness (QED) is 0.112. The summed E-state index contributed by atoms with van der Waals surface area (Å²) in [6.07, 6.45) is 1.99. The van der Waals surface area contributed by atoms with Gasteiger partial charge in [0.15, 0.2) is 16.0 Å². The number of hydrogen-bond acceptors (Lipinski definition) is 12. The normalized spacial score (nSPS) is 12.4. The molecule has 3 aromatic heterocycles. The first kappa shape index (κ1) is 33.2. The molecule has 2 N–H and O–H groups in total. The summed E-state index contributed by atoms with van der Waals surface area (Å²) in [6.45, 7) is 1.64. The number of carbonyl (C=O) groups excluding carboxylic acids is 2. The van der Waals surface area contributed by atoms with Gasteiger partial charge in [0.25, 0.3) is 5.91 Å². The van der Waals surface area contributed by atoms with Gasteiger partial charge in [-0.2, -0.15) is 5.26 Å². The lowest BCUT2D eigenvalue weighted by Crippen LogP contribution is -2.34. The van der Waals surface area contributed by atoms with Gasteiger partial charge < -0.3 is 20.1 Å². The van der Waals surface area contributed by atoms with Crippen molar-refractivity contribution in [3.63, 3.8) is 0 Å². The van der Waals surface area contributed by atoms with Gasteiger partial charge in [0.2, 0.25) is 0 Å². The Balaban J connectivity index is 1.03. The van der Waals surface area contributed by atoms with Crippen molar-refractivity contribution in [1.29, 1.82) is 5.26 Å². The van der Waals surface area contributed by atoms with Crippen LogP contribution in [-0.4, -0.2) is 49.2 Å². The van der Waals surface area contributed by atoms with Gasteiger partial charge in [-0.05, 0) is 66.3 Å². The van der Waals surface area contributed by atoms with Gasteiger partial charge in [0.05, 0.1) is 29.5 Å². The van der Waals surface area contributed by atoms with E-state index in [1.165, 1.54) is 41.1 Å². The number of fused-ring (bicyclic) bond motifs is 2. The second-order valence-corrected chi connectivity index (χ2v) is 14.7. The van der Waals surface area contributed by atoms with E-state index in [1.807, 2.05) is 66.0 Å². The number of nitrogens with zero attached hydrogens (tertiary/aromatic N) is 5. The maximum absolute atomic E-state index is 13.9. The topological polar surface area (TPSA) is 135 Å². The number of carbonyl (C=O) groups is 2. The Hall–Kier alpha value is -5.29. The van der Waals surface area contributed by atoms with Gasteiger partial charge in [-0.15, -0.1) is 22.7 Å². The Morgan fingerprint density at radius 3 is 2.66 bits per heavy atom. The predicted molar refractivity (Wildman–Crippen MR) is 200 cm³/mol. The molecule has 0 aliphatic carbocycles. The molecule has 1 aliphatic rings. The molecular formula is C37H32N6O4S3. The standard InChI is InChI=1S/C37H32N6O4S3/c1-42(36-40-29-9-3-4-10-30(29)49-36)34(44)25-8-5-7-22-16-17-43(20-27(22)25)37-41-32(35(45)46-2)31(50-37)11-6-18-47-24-14-12-23(13-15-24)28-21-48-33(39)26(28)19-38/h3-5,7-10,12-15,21H,6,11,16-18,20,39H2,1-2H3. The van der Waals surface area contributed by atoms with E-state index in [-0.39, 0.29) is 5.91 Å². The highest BCUT2D eigenvalue weighted by Crippen LogP contribution is 2.36. The zero-order valence-corrected chi connectivity index (χ0v) is 29.8. The molecule has 13 heteroatoms. The molecule has 4 heterocycles. The van der Waals surface area contributed by atoms with E-state index in [2.05, 4.69) is 22.0 Å². The summed E-state index contributed by atoms with van der Waals surface area (Å²) < 4.78 is 12.1. The maximum Gasteiger partial charge on any atom is 0.357 e. The van der Waals surface area contributed by atoms with Crippen LogP contribution in [0.3, 0.4) is 0 Å². The summed E-state index contributed by atoms with van der Waals surface area (Å²) in [6, 6.07) is 23.5. The highest BCUT2D eigenvalue weighted by molar-refractivity contribution is 7.22. The number of anilines is 3.